The maximum absolute atomic E-state index is 6.29. The van der Waals surface area contributed by atoms with Crippen molar-refractivity contribution in [2.45, 2.75) is 19.8 Å². The van der Waals surface area contributed by atoms with Gasteiger partial charge in [0.05, 0.1) is 10.7 Å². The van der Waals surface area contributed by atoms with Crippen molar-refractivity contribution in [3.63, 3.8) is 0 Å². The molecule has 1 saturated heterocycles. The minimum absolute atomic E-state index is 0.566. The van der Waals surface area contributed by atoms with Gasteiger partial charge in [-0.05, 0) is 30.9 Å². The maximum Gasteiger partial charge on any atom is 0.159 e. The zero-order valence-corrected chi connectivity index (χ0v) is 13.3. The van der Waals surface area contributed by atoms with Gasteiger partial charge in [-0.2, -0.15) is 0 Å². The number of anilines is 4. The van der Waals surface area contributed by atoms with E-state index in [2.05, 4.69) is 27.1 Å². The standard InChI is InChI=1S/C16H20ClN5/c1-11-5-4-8-22(9-11)16-14(18)15(19-10-20-16)21-13-7-3-2-6-12(13)17/h2-3,6-7,10-11H,4-5,8-9,18H2,1H3,(H,19,20,21). The second-order valence-electron chi connectivity index (χ2n) is 5.76. The Morgan fingerprint density at radius 3 is 2.91 bits per heavy atom. The molecule has 2 heterocycles. The number of nitrogens with one attached hydrogen (secondary N) is 1. The molecule has 6 heteroatoms. The van der Waals surface area contributed by atoms with Crippen LogP contribution in [0.15, 0.2) is 30.6 Å². The van der Waals surface area contributed by atoms with E-state index >= 15 is 0 Å². The Morgan fingerprint density at radius 2 is 2.14 bits per heavy atom. The Labute approximate surface area is 135 Å². The summed E-state index contributed by atoms with van der Waals surface area (Å²) in [5.74, 6) is 2.05. The number of aromatic nitrogens is 2. The first kappa shape index (κ1) is 14.9. The number of benzene rings is 1. The molecule has 116 valence electrons. The Bertz CT molecular complexity index is 661. The number of rotatable bonds is 3. The normalized spacial score (nSPS) is 18.3. The van der Waals surface area contributed by atoms with E-state index in [1.54, 1.807) is 6.33 Å². The number of halogens is 1. The van der Waals surface area contributed by atoms with Gasteiger partial charge in [-0.1, -0.05) is 30.7 Å². The fourth-order valence-electron chi connectivity index (χ4n) is 2.81. The number of nitrogens with two attached hydrogens (primary N) is 1. The number of hydrogen-bond donors (Lipinski definition) is 2. The highest BCUT2D eigenvalue weighted by atomic mass is 35.5. The van der Waals surface area contributed by atoms with Crippen molar-refractivity contribution < 1.29 is 0 Å². The van der Waals surface area contributed by atoms with Crippen molar-refractivity contribution >= 4 is 34.6 Å². The van der Waals surface area contributed by atoms with E-state index in [0.29, 0.717) is 22.4 Å². The van der Waals surface area contributed by atoms with Crippen LogP contribution in [-0.2, 0) is 0 Å². The number of nitrogen functional groups attached to an aromatic ring is 1. The largest absolute Gasteiger partial charge is 0.393 e. The summed E-state index contributed by atoms with van der Waals surface area (Å²) in [6.45, 7) is 4.22. The first-order chi connectivity index (χ1) is 10.6. The minimum atomic E-state index is 0.566. The highest BCUT2D eigenvalue weighted by Crippen LogP contribution is 2.32. The predicted molar refractivity (Wildman–Crippen MR) is 91.8 cm³/mol. The number of piperidine rings is 1. The van der Waals surface area contributed by atoms with E-state index in [1.165, 1.54) is 6.42 Å². The van der Waals surface area contributed by atoms with E-state index in [1.807, 2.05) is 24.3 Å². The van der Waals surface area contributed by atoms with Gasteiger partial charge in [0.1, 0.15) is 12.0 Å². The van der Waals surface area contributed by atoms with Crippen LogP contribution in [-0.4, -0.2) is 23.1 Å². The number of hydrogen-bond acceptors (Lipinski definition) is 5. The number of nitrogens with zero attached hydrogens (tertiary/aromatic N) is 3. The lowest BCUT2D eigenvalue weighted by Crippen LogP contribution is -2.35. The van der Waals surface area contributed by atoms with Gasteiger partial charge in [-0.25, -0.2) is 9.97 Å². The molecule has 1 aromatic heterocycles. The number of para-hydroxylation sites is 1. The molecular formula is C16H20ClN5. The summed E-state index contributed by atoms with van der Waals surface area (Å²) in [6, 6.07) is 7.53. The van der Waals surface area contributed by atoms with E-state index in [0.717, 1.165) is 31.0 Å². The summed E-state index contributed by atoms with van der Waals surface area (Å²) in [5.41, 5.74) is 7.64. The molecule has 2 aromatic rings. The highest BCUT2D eigenvalue weighted by Gasteiger charge is 2.21. The molecule has 1 fully saturated rings. The van der Waals surface area contributed by atoms with Crippen LogP contribution in [0.2, 0.25) is 5.02 Å². The van der Waals surface area contributed by atoms with Crippen molar-refractivity contribution in [1.82, 2.24) is 9.97 Å². The van der Waals surface area contributed by atoms with E-state index < -0.39 is 0 Å². The zero-order chi connectivity index (χ0) is 15.5. The molecule has 1 aliphatic rings. The molecule has 0 aliphatic carbocycles. The topological polar surface area (TPSA) is 67.1 Å². The molecule has 22 heavy (non-hydrogen) atoms. The minimum Gasteiger partial charge on any atom is -0.393 e. The molecule has 0 saturated carbocycles. The van der Waals surface area contributed by atoms with Gasteiger partial charge < -0.3 is 16.0 Å². The van der Waals surface area contributed by atoms with Crippen LogP contribution in [0.4, 0.5) is 23.0 Å². The van der Waals surface area contributed by atoms with Crippen molar-refractivity contribution in [2.75, 3.05) is 29.0 Å². The average molecular weight is 318 g/mol. The first-order valence-corrected chi connectivity index (χ1v) is 7.90. The molecule has 1 atom stereocenters. The summed E-state index contributed by atoms with van der Waals surface area (Å²) in [4.78, 5) is 10.9. The monoisotopic (exact) mass is 317 g/mol. The fourth-order valence-corrected chi connectivity index (χ4v) is 2.99. The van der Waals surface area contributed by atoms with Gasteiger partial charge in [-0.3, -0.25) is 0 Å². The van der Waals surface area contributed by atoms with Crippen LogP contribution >= 0.6 is 11.6 Å². The van der Waals surface area contributed by atoms with Crippen molar-refractivity contribution in [3.8, 4) is 0 Å². The second kappa shape index (κ2) is 6.40. The summed E-state index contributed by atoms with van der Waals surface area (Å²) >= 11 is 6.18. The highest BCUT2D eigenvalue weighted by molar-refractivity contribution is 6.33. The molecule has 3 N–H and O–H groups in total. The molecule has 0 radical (unpaired) electrons. The summed E-state index contributed by atoms with van der Waals surface area (Å²) in [6.07, 6.45) is 3.97. The SMILES string of the molecule is CC1CCCN(c2ncnc(Nc3ccccc3Cl)c2N)C1. The molecule has 0 bridgehead atoms. The Hall–Kier alpha value is -2.01. The molecular weight excluding hydrogens is 298 g/mol. The lowest BCUT2D eigenvalue weighted by atomic mass is 10.0. The molecule has 3 rings (SSSR count). The van der Waals surface area contributed by atoms with Crippen LogP contribution in [0.25, 0.3) is 0 Å². The van der Waals surface area contributed by atoms with E-state index in [9.17, 15) is 0 Å². The quantitative estimate of drug-likeness (QED) is 0.903. The maximum atomic E-state index is 6.29. The average Bonchev–Trinajstić information content (AvgIpc) is 2.51. The second-order valence-corrected chi connectivity index (χ2v) is 6.17. The van der Waals surface area contributed by atoms with Crippen LogP contribution in [0.3, 0.4) is 0 Å². The van der Waals surface area contributed by atoms with Gasteiger partial charge in [0, 0.05) is 13.1 Å². The van der Waals surface area contributed by atoms with Crippen molar-refractivity contribution in [3.05, 3.63) is 35.6 Å². The van der Waals surface area contributed by atoms with Crippen LogP contribution in [0.1, 0.15) is 19.8 Å². The Morgan fingerprint density at radius 1 is 1.32 bits per heavy atom. The lowest BCUT2D eigenvalue weighted by Gasteiger charge is -2.32. The summed E-state index contributed by atoms with van der Waals surface area (Å²) in [5, 5.41) is 3.83. The van der Waals surface area contributed by atoms with Gasteiger partial charge >= 0.3 is 0 Å². The molecule has 1 unspecified atom stereocenters. The molecule has 1 aliphatic heterocycles. The summed E-state index contributed by atoms with van der Waals surface area (Å²) in [7, 11) is 0. The third kappa shape index (κ3) is 3.09. The van der Waals surface area contributed by atoms with Crippen LogP contribution in [0, 0.1) is 5.92 Å². The summed E-state index contributed by atoms with van der Waals surface area (Å²) < 4.78 is 0. The van der Waals surface area contributed by atoms with Crippen LogP contribution in [0.5, 0.6) is 0 Å². The molecule has 0 spiro atoms. The van der Waals surface area contributed by atoms with Gasteiger partial charge in [0.25, 0.3) is 0 Å². The third-order valence-electron chi connectivity index (χ3n) is 3.95. The lowest BCUT2D eigenvalue weighted by molar-refractivity contribution is 0.445. The Kier molecular flexibility index (Phi) is 4.34. The molecule has 0 amide bonds. The molecule has 5 nitrogen and oxygen atoms in total. The zero-order valence-electron chi connectivity index (χ0n) is 12.6. The van der Waals surface area contributed by atoms with Crippen molar-refractivity contribution in [1.29, 1.82) is 0 Å². The first-order valence-electron chi connectivity index (χ1n) is 7.52. The van der Waals surface area contributed by atoms with Crippen LogP contribution < -0.4 is 16.0 Å². The van der Waals surface area contributed by atoms with Gasteiger partial charge in [-0.15, -0.1) is 0 Å². The third-order valence-corrected chi connectivity index (χ3v) is 4.28. The van der Waals surface area contributed by atoms with Gasteiger partial charge in [0.2, 0.25) is 0 Å². The smallest absolute Gasteiger partial charge is 0.159 e. The fraction of sp³-hybridized carbons (Fsp3) is 0.375. The Balaban J connectivity index is 1.87. The van der Waals surface area contributed by atoms with Crippen molar-refractivity contribution in [2.24, 2.45) is 5.92 Å². The van der Waals surface area contributed by atoms with E-state index in [4.69, 9.17) is 17.3 Å². The predicted octanol–water partition coefficient (Wildman–Crippen LogP) is 3.69. The van der Waals surface area contributed by atoms with Gasteiger partial charge in [0.15, 0.2) is 11.6 Å². The van der Waals surface area contributed by atoms with E-state index in [-0.39, 0.29) is 0 Å². The molecule has 1 aromatic carbocycles.